The molecule has 1 heterocycles. The maximum Gasteiger partial charge on any atom is 0.0782 e. The molecule has 3 atom stereocenters. The van der Waals surface area contributed by atoms with Crippen LogP contribution in [0, 0.1) is 18.3 Å². The summed E-state index contributed by atoms with van der Waals surface area (Å²) in [4.78, 5) is 8.86. The zero-order valence-electron chi connectivity index (χ0n) is 13.6. The summed E-state index contributed by atoms with van der Waals surface area (Å²) < 4.78 is 0. The lowest BCUT2D eigenvalue weighted by molar-refractivity contribution is 0.124. The quantitative estimate of drug-likeness (QED) is 0.904. The van der Waals surface area contributed by atoms with Crippen LogP contribution in [-0.2, 0) is 0 Å². The van der Waals surface area contributed by atoms with Crippen LogP contribution in [0.3, 0.4) is 0 Å². The zero-order chi connectivity index (χ0) is 14.8. The van der Waals surface area contributed by atoms with Gasteiger partial charge in [0.1, 0.15) is 0 Å². The minimum Gasteiger partial charge on any atom is -0.306 e. The molecule has 1 aliphatic carbocycles. The molecule has 1 N–H and O–H groups in total. The molecule has 3 heteroatoms. The van der Waals surface area contributed by atoms with Gasteiger partial charge < -0.3 is 5.32 Å². The van der Waals surface area contributed by atoms with Crippen LogP contribution in [0.15, 0.2) is 12.4 Å². The predicted molar refractivity (Wildman–Crippen MR) is 83.5 cm³/mol. The molecule has 0 saturated heterocycles. The van der Waals surface area contributed by atoms with Crippen LogP contribution in [-0.4, -0.2) is 16.0 Å². The SMILES string of the molecule is Cc1nccnc1C(C)NC1CCCCC1C(C)(C)C. The molecule has 112 valence electrons. The van der Waals surface area contributed by atoms with Gasteiger partial charge in [-0.1, -0.05) is 33.6 Å². The molecule has 0 aliphatic heterocycles. The Morgan fingerprint density at radius 1 is 1.15 bits per heavy atom. The Kier molecular flexibility index (Phi) is 4.79. The van der Waals surface area contributed by atoms with Crippen LogP contribution in [0.2, 0.25) is 0 Å². The highest BCUT2D eigenvalue weighted by molar-refractivity contribution is 5.13. The summed E-state index contributed by atoms with van der Waals surface area (Å²) in [7, 11) is 0. The summed E-state index contributed by atoms with van der Waals surface area (Å²) in [5.74, 6) is 0.746. The molecule has 0 aromatic carbocycles. The van der Waals surface area contributed by atoms with Crippen molar-refractivity contribution in [2.75, 3.05) is 0 Å². The van der Waals surface area contributed by atoms with E-state index in [-0.39, 0.29) is 6.04 Å². The first-order valence-corrected chi connectivity index (χ1v) is 7.93. The van der Waals surface area contributed by atoms with Crippen molar-refractivity contribution in [2.45, 2.75) is 72.4 Å². The number of hydrogen-bond acceptors (Lipinski definition) is 3. The van der Waals surface area contributed by atoms with Crippen LogP contribution < -0.4 is 5.32 Å². The summed E-state index contributed by atoms with van der Waals surface area (Å²) in [6.07, 6.45) is 8.90. The van der Waals surface area contributed by atoms with Gasteiger partial charge in [0.25, 0.3) is 0 Å². The fourth-order valence-electron chi connectivity index (χ4n) is 3.61. The third-order valence-corrected chi connectivity index (χ3v) is 4.67. The maximum atomic E-state index is 4.51. The molecular weight excluding hydrogens is 246 g/mol. The van der Waals surface area contributed by atoms with E-state index in [1.807, 2.05) is 6.92 Å². The largest absolute Gasteiger partial charge is 0.306 e. The summed E-state index contributed by atoms with van der Waals surface area (Å²) in [6, 6.07) is 0.872. The molecular formula is C17H29N3. The van der Waals surface area contributed by atoms with Gasteiger partial charge in [-0.05, 0) is 38.0 Å². The number of nitrogens with zero attached hydrogens (tertiary/aromatic N) is 2. The monoisotopic (exact) mass is 275 g/mol. The van der Waals surface area contributed by atoms with Gasteiger partial charge >= 0.3 is 0 Å². The van der Waals surface area contributed by atoms with Crippen LogP contribution in [0.5, 0.6) is 0 Å². The Morgan fingerprint density at radius 2 is 1.80 bits per heavy atom. The molecule has 2 rings (SSSR count). The van der Waals surface area contributed by atoms with Crippen molar-refractivity contribution in [3.63, 3.8) is 0 Å². The molecule has 1 saturated carbocycles. The number of nitrogens with one attached hydrogen (secondary N) is 1. The van der Waals surface area contributed by atoms with E-state index in [1.165, 1.54) is 25.7 Å². The maximum absolute atomic E-state index is 4.51. The summed E-state index contributed by atoms with van der Waals surface area (Å²) in [5, 5.41) is 3.83. The van der Waals surface area contributed by atoms with Crippen LogP contribution in [0.4, 0.5) is 0 Å². The number of hydrogen-bond donors (Lipinski definition) is 1. The van der Waals surface area contributed by atoms with Gasteiger partial charge in [0.2, 0.25) is 0 Å². The average Bonchev–Trinajstić information content (AvgIpc) is 2.38. The van der Waals surface area contributed by atoms with Gasteiger partial charge in [0, 0.05) is 24.5 Å². The van der Waals surface area contributed by atoms with E-state index in [0.717, 1.165) is 17.3 Å². The standard InChI is InChI=1S/C17H29N3/c1-12-16(19-11-10-18-12)13(2)20-15-9-7-6-8-14(15)17(3,4)5/h10-11,13-15,20H,6-9H2,1-5H3. The molecule has 0 amide bonds. The van der Waals surface area contributed by atoms with Crippen LogP contribution in [0.1, 0.15) is 70.8 Å². The van der Waals surface area contributed by atoms with E-state index in [1.54, 1.807) is 12.4 Å². The van der Waals surface area contributed by atoms with Gasteiger partial charge in [0.15, 0.2) is 0 Å². The third-order valence-electron chi connectivity index (χ3n) is 4.67. The van der Waals surface area contributed by atoms with Crippen molar-refractivity contribution < 1.29 is 0 Å². The lowest BCUT2D eigenvalue weighted by atomic mass is 9.69. The number of aromatic nitrogens is 2. The van der Waals surface area contributed by atoms with Crippen LogP contribution >= 0.6 is 0 Å². The first-order chi connectivity index (χ1) is 9.39. The van der Waals surface area contributed by atoms with E-state index in [2.05, 4.69) is 43.0 Å². The summed E-state index contributed by atoms with van der Waals surface area (Å²) >= 11 is 0. The second-order valence-corrected chi connectivity index (χ2v) is 7.28. The smallest absolute Gasteiger partial charge is 0.0782 e. The van der Waals surface area contributed by atoms with E-state index in [4.69, 9.17) is 0 Å². The molecule has 1 aliphatic rings. The Bertz CT molecular complexity index is 436. The second-order valence-electron chi connectivity index (χ2n) is 7.28. The molecule has 0 bridgehead atoms. The first kappa shape index (κ1) is 15.4. The van der Waals surface area contributed by atoms with E-state index >= 15 is 0 Å². The Hall–Kier alpha value is -0.960. The summed E-state index contributed by atoms with van der Waals surface area (Å²) in [6.45, 7) is 11.4. The normalized spacial score (nSPS) is 25.4. The van der Waals surface area contributed by atoms with Gasteiger partial charge in [-0.15, -0.1) is 0 Å². The van der Waals surface area contributed by atoms with Crippen molar-refractivity contribution in [1.29, 1.82) is 0 Å². The molecule has 0 radical (unpaired) electrons. The highest BCUT2D eigenvalue weighted by atomic mass is 15.0. The van der Waals surface area contributed by atoms with E-state index in [9.17, 15) is 0 Å². The first-order valence-electron chi connectivity index (χ1n) is 7.93. The van der Waals surface area contributed by atoms with Gasteiger partial charge in [-0.3, -0.25) is 9.97 Å². The highest BCUT2D eigenvalue weighted by Gasteiger charge is 2.34. The lowest BCUT2D eigenvalue weighted by Gasteiger charge is -2.42. The summed E-state index contributed by atoms with van der Waals surface area (Å²) in [5.41, 5.74) is 2.50. The molecule has 20 heavy (non-hydrogen) atoms. The van der Waals surface area contributed by atoms with Crippen molar-refractivity contribution in [1.82, 2.24) is 15.3 Å². The Morgan fingerprint density at radius 3 is 2.45 bits per heavy atom. The van der Waals surface area contributed by atoms with Crippen LogP contribution in [0.25, 0.3) is 0 Å². The molecule has 1 fully saturated rings. The van der Waals surface area contributed by atoms with E-state index in [0.29, 0.717) is 11.5 Å². The topological polar surface area (TPSA) is 37.8 Å². The Labute approximate surface area is 123 Å². The zero-order valence-corrected chi connectivity index (χ0v) is 13.6. The van der Waals surface area contributed by atoms with Gasteiger partial charge in [-0.2, -0.15) is 0 Å². The number of rotatable bonds is 3. The lowest BCUT2D eigenvalue weighted by Crippen LogP contribution is -2.45. The second kappa shape index (κ2) is 6.21. The van der Waals surface area contributed by atoms with Crippen molar-refractivity contribution >= 4 is 0 Å². The third kappa shape index (κ3) is 3.57. The van der Waals surface area contributed by atoms with Crippen molar-refractivity contribution in [2.24, 2.45) is 11.3 Å². The molecule has 1 aromatic heterocycles. The van der Waals surface area contributed by atoms with Gasteiger partial charge in [-0.25, -0.2) is 0 Å². The molecule has 0 spiro atoms. The molecule has 3 unspecified atom stereocenters. The fourth-order valence-corrected chi connectivity index (χ4v) is 3.61. The van der Waals surface area contributed by atoms with Gasteiger partial charge in [0.05, 0.1) is 11.4 Å². The number of aryl methyl sites for hydroxylation is 1. The minimum absolute atomic E-state index is 0.275. The minimum atomic E-state index is 0.275. The fraction of sp³-hybridized carbons (Fsp3) is 0.765. The molecule has 3 nitrogen and oxygen atoms in total. The van der Waals surface area contributed by atoms with E-state index < -0.39 is 0 Å². The van der Waals surface area contributed by atoms with Crippen molar-refractivity contribution in [3.8, 4) is 0 Å². The highest BCUT2D eigenvalue weighted by Crippen LogP contribution is 2.38. The molecule has 1 aromatic rings. The average molecular weight is 275 g/mol. The Balaban J connectivity index is 2.09. The predicted octanol–water partition coefficient (Wildman–Crippen LogP) is 4.04. The van der Waals surface area contributed by atoms with Crippen molar-refractivity contribution in [3.05, 3.63) is 23.8 Å².